The number of aryl methyl sites for hydroxylation is 1. The van der Waals surface area contributed by atoms with Crippen LogP contribution in [0.1, 0.15) is 64.2 Å². The van der Waals surface area contributed by atoms with Gasteiger partial charge in [-0.3, -0.25) is 19.3 Å². The average molecular weight is 447 g/mol. The Balaban J connectivity index is 1.48. The smallest absolute Gasteiger partial charge is 0.252 e. The molecule has 1 atom stereocenters. The van der Waals surface area contributed by atoms with Crippen LogP contribution in [0.25, 0.3) is 0 Å². The maximum atomic E-state index is 13.0. The molecular weight excluding hydrogens is 420 g/mol. The largest absolute Gasteiger partial charge is 0.340 e. The van der Waals surface area contributed by atoms with Crippen molar-refractivity contribution in [3.63, 3.8) is 0 Å². The first-order valence-corrected chi connectivity index (χ1v) is 11.8. The van der Waals surface area contributed by atoms with Crippen LogP contribution in [0.2, 0.25) is 0 Å². The van der Waals surface area contributed by atoms with E-state index < -0.39 is 0 Å². The number of rotatable bonds is 8. The van der Waals surface area contributed by atoms with Crippen LogP contribution in [0.15, 0.2) is 66.0 Å². The maximum absolute atomic E-state index is 13.0. The molecule has 1 N–H and O–H groups in total. The van der Waals surface area contributed by atoms with Crippen molar-refractivity contribution in [2.24, 2.45) is 0 Å². The van der Waals surface area contributed by atoms with Gasteiger partial charge in [-0.15, -0.1) is 11.3 Å². The molecule has 5 nitrogen and oxygen atoms in total. The summed E-state index contributed by atoms with van der Waals surface area (Å²) in [6.07, 6.45) is 2.70. The molecule has 0 radical (unpaired) electrons. The summed E-state index contributed by atoms with van der Waals surface area (Å²) in [6, 6.07) is 19.3. The van der Waals surface area contributed by atoms with Crippen LogP contribution in [-0.2, 0) is 22.6 Å². The Morgan fingerprint density at radius 3 is 2.22 bits per heavy atom. The zero-order chi connectivity index (χ0) is 22.5. The fourth-order valence-corrected chi connectivity index (χ4v) is 4.70. The SMILES string of the molecule is CCCc1ccc(C(NC(=O)c2ccc(CN3C(=O)CCC3=O)cc2)c2cccs2)cc1. The zero-order valence-corrected chi connectivity index (χ0v) is 18.9. The number of likely N-dealkylation sites (tertiary alicyclic amines) is 1. The molecule has 3 amide bonds. The number of carbonyl (C=O) groups is 3. The highest BCUT2D eigenvalue weighted by atomic mass is 32.1. The van der Waals surface area contributed by atoms with E-state index in [0.717, 1.165) is 28.8 Å². The molecule has 3 aromatic rings. The molecule has 6 heteroatoms. The predicted octanol–water partition coefficient (Wildman–Crippen LogP) is 4.87. The van der Waals surface area contributed by atoms with E-state index in [9.17, 15) is 14.4 Å². The average Bonchev–Trinajstić information content (AvgIpc) is 3.45. The van der Waals surface area contributed by atoms with Crippen molar-refractivity contribution < 1.29 is 14.4 Å². The third kappa shape index (κ3) is 4.97. The second kappa shape index (κ2) is 9.92. The number of hydrogen-bond donors (Lipinski definition) is 1. The molecule has 1 fully saturated rings. The second-order valence-corrected chi connectivity index (χ2v) is 8.96. The Kier molecular flexibility index (Phi) is 6.81. The van der Waals surface area contributed by atoms with Gasteiger partial charge in [-0.25, -0.2) is 0 Å². The number of nitrogens with zero attached hydrogens (tertiary/aromatic N) is 1. The summed E-state index contributed by atoms with van der Waals surface area (Å²) in [5.41, 5.74) is 3.70. The topological polar surface area (TPSA) is 66.5 Å². The van der Waals surface area contributed by atoms with Crippen molar-refractivity contribution in [1.82, 2.24) is 10.2 Å². The van der Waals surface area contributed by atoms with E-state index in [2.05, 4.69) is 36.5 Å². The molecule has 164 valence electrons. The van der Waals surface area contributed by atoms with Crippen LogP contribution in [-0.4, -0.2) is 22.6 Å². The van der Waals surface area contributed by atoms with Crippen molar-refractivity contribution in [2.75, 3.05) is 0 Å². The van der Waals surface area contributed by atoms with Gasteiger partial charge in [0.1, 0.15) is 0 Å². The number of thiophene rings is 1. The van der Waals surface area contributed by atoms with Crippen molar-refractivity contribution in [1.29, 1.82) is 0 Å². The lowest BCUT2D eigenvalue weighted by molar-refractivity contribution is -0.139. The number of hydrogen-bond acceptors (Lipinski definition) is 4. The van der Waals surface area contributed by atoms with E-state index in [-0.39, 0.29) is 43.1 Å². The van der Waals surface area contributed by atoms with Gasteiger partial charge in [-0.05, 0) is 46.7 Å². The van der Waals surface area contributed by atoms with Crippen molar-refractivity contribution in [3.8, 4) is 0 Å². The maximum Gasteiger partial charge on any atom is 0.252 e. The predicted molar refractivity (Wildman–Crippen MR) is 125 cm³/mol. The van der Waals surface area contributed by atoms with E-state index in [0.29, 0.717) is 5.56 Å². The molecule has 2 aromatic carbocycles. The van der Waals surface area contributed by atoms with Gasteiger partial charge in [-0.1, -0.05) is 55.8 Å². The molecule has 1 aromatic heterocycles. The minimum absolute atomic E-state index is 0.138. The lowest BCUT2D eigenvalue weighted by atomic mass is 10.0. The summed E-state index contributed by atoms with van der Waals surface area (Å²) in [4.78, 5) is 39.0. The van der Waals surface area contributed by atoms with Crippen LogP contribution < -0.4 is 5.32 Å². The van der Waals surface area contributed by atoms with Gasteiger partial charge in [0.2, 0.25) is 11.8 Å². The van der Waals surface area contributed by atoms with Crippen LogP contribution >= 0.6 is 11.3 Å². The highest BCUT2D eigenvalue weighted by Gasteiger charge is 2.28. The van der Waals surface area contributed by atoms with E-state index in [1.54, 1.807) is 35.6 Å². The molecular formula is C26H26N2O3S. The number of nitrogens with one attached hydrogen (secondary N) is 1. The summed E-state index contributed by atoms with van der Waals surface area (Å²) in [5.74, 6) is -0.443. The summed E-state index contributed by atoms with van der Waals surface area (Å²) in [5, 5.41) is 5.17. The first kappa shape index (κ1) is 22.0. The number of carbonyl (C=O) groups excluding carboxylic acids is 3. The van der Waals surface area contributed by atoms with Crippen LogP contribution in [0.5, 0.6) is 0 Å². The fraction of sp³-hybridized carbons (Fsp3) is 0.269. The Morgan fingerprint density at radius 1 is 0.969 bits per heavy atom. The summed E-state index contributed by atoms with van der Waals surface area (Å²) in [6.45, 7) is 2.41. The van der Waals surface area contributed by atoms with Gasteiger partial charge < -0.3 is 5.32 Å². The molecule has 1 unspecified atom stereocenters. The molecule has 32 heavy (non-hydrogen) atoms. The van der Waals surface area contributed by atoms with Crippen molar-refractivity contribution in [2.45, 2.75) is 45.2 Å². The van der Waals surface area contributed by atoms with Gasteiger partial charge in [0.15, 0.2) is 0 Å². The Labute approximate surface area is 192 Å². The number of benzene rings is 2. The van der Waals surface area contributed by atoms with Crippen molar-refractivity contribution in [3.05, 3.63) is 93.2 Å². The summed E-state index contributed by atoms with van der Waals surface area (Å²) < 4.78 is 0. The first-order valence-electron chi connectivity index (χ1n) is 10.9. The minimum Gasteiger partial charge on any atom is -0.340 e. The molecule has 0 saturated carbocycles. The first-order chi connectivity index (χ1) is 15.5. The fourth-order valence-electron chi connectivity index (χ4n) is 3.90. The molecule has 2 heterocycles. The third-order valence-corrected chi connectivity index (χ3v) is 6.60. The van der Waals surface area contributed by atoms with E-state index in [1.807, 2.05) is 17.5 Å². The van der Waals surface area contributed by atoms with Gasteiger partial charge in [0.25, 0.3) is 5.91 Å². The lowest BCUT2D eigenvalue weighted by Gasteiger charge is -2.19. The molecule has 4 rings (SSSR count). The molecule has 0 aliphatic carbocycles. The number of amides is 3. The molecule has 0 bridgehead atoms. The van der Waals surface area contributed by atoms with Gasteiger partial charge in [-0.2, -0.15) is 0 Å². The lowest BCUT2D eigenvalue weighted by Crippen LogP contribution is -2.29. The van der Waals surface area contributed by atoms with Crippen molar-refractivity contribution >= 4 is 29.1 Å². The van der Waals surface area contributed by atoms with Crippen LogP contribution in [0, 0.1) is 0 Å². The Morgan fingerprint density at radius 2 is 1.62 bits per heavy atom. The minimum atomic E-state index is -0.224. The molecule has 1 saturated heterocycles. The molecule has 0 spiro atoms. The molecule has 1 aliphatic rings. The zero-order valence-electron chi connectivity index (χ0n) is 18.0. The highest BCUT2D eigenvalue weighted by molar-refractivity contribution is 7.10. The summed E-state index contributed by atoms with van der Waals surface area (Å²) >= 11 is 1.61. The van der Waals surface area contributed by atoms with Crippen LogP contribution in [0.3, 0.4) is 0 Å². The Bertz CT molecular complexity index is 1070. The third-order valence-electron chi connectivity index (χ3n) is 5.67. The monoisotopic (exact) mass is 446 g/mol. The van der Waals surface area contributed by atoms with E-state index in [1.165, 1.54) is 10.5 Å². The van der Waals surface area contributed by atoms with Gasteiger partial charge >= 0.3 is 0 Å². The molecule has 1 aliphatic heterocycles. The highest BCUT2D eigenvalue weighted by Crippen LogP contribution is 2.27. The standard InChI is InChI=1S/C26H26N2O3S/c1-2-4-18-6-10-20(11-7-18)25(22-5-3-16-32-22)27-26(31)21-12-8-19(9-13-21)17-28-23(29)14-15-24(28)30/h3,5-13,16,25H,2,4,14-15,17H2,1H3,(H,27,31). The quantitative estimate of drug-likeness (QED) is 0.502. The van der Waals surface area contributed by atoms with Gasteiger partial charge in [0.05, 0.1) is 12.6 Å². The van der Waals surface area contributed by atoms with Crippen LogP contribution in [0.4, 0.5) is 0 Å². The normalized spacial score (nSPS) is 14.6. The second-order valence-electron chi connectivity index (χ2n) is 7.98. The van der Waals surface area contributed by atoms with Gasteiger partial charge in [0, 0.05) is 23.3 Å². The number of imide groups is 1. The van der Waals surface area contributed by atoms with E-state index >= 15 is 0 Å². The Hall–Kier alpha value is -3.25. The summed E-state index contributed by atoms with van der Waals surface area (Å²) in [7, 11) is 0. The van der Waals surface area contributed by atoms with E-state index in [4.69, 9.17) is 0 Å².